The Kier molecular flexibility index (Phi) is 3.85. The maximum Gasteiger partial charge on any atom is 0.308 e. The quantitative estimate of drug-likeness (QED) is 0.809. The minimum Gasteiger partial charge on any atom is -0.481 e. The van der Waals surface area contributed by atoms with E-state index < -0.39 is 11.9 Å². The fourth-order valence-electron chi connectivity index (χ4n) is 3.36. The largest absolute Gasteiger partial charge is 0.481 e. The van der Waals surface area contributed by atoms with Crippen LogP contribution >= 0.6 is 0 Å². The number of carboxylic acids is 1. The Morgan fingerprint density at radius 1 is 1.26 bits per heavy atom. The minimum atomic E-state index is -0.783. The molecule has 2 aliphatic rings. The van der Waals surface area contributed by atoms with Gasteiger partial charge in [-0.15, -0.1) is 0 Å². The van der Waals surface area contributed by atoms with Crippen LogP contribution in [-0.2, 0) is 14.3 Å². The SMILES string of the molecule is CC(C)(C)OCC(=O)NC1C2CCC(C2)C1C(=O)O. The van der Waals surface area contributed by atoms with E-state index in [0.29, 0.717) is 5.92 Å². The highest BCUT2D eigenvalue weighted by atomic mass is 16.5. The number of ether oxygens (including phenoxy) is 1. The van der Waals surface area contributed by atoms with Gasteiger partial charge in [0.15, 0.2) is 0 Å². The van der Waals surface area contributed by atoms with Crippen LogP contribution in [0, 0.1) is 17.8 Å². The molecule has 19 heavy (non-hydrogen) atoms. The summed E-state index contributed by atoms with van der Waals surface area (Å²) >= 11 is 0. The van der Waals surface area contributed by atoms with Gasteiger partial charge in [-0.3, -0.25) is 9.59 Å². The first-order valence-electron chi connectivity index (χ1n) is 6.94. The summed E-state index contributed by atoms with van der Waals surface area (Å²) in [6.45, 7) is 5.65. The van der Waals surface area contributed by atoms with E-state index in [9.17, 15) is 14.7 Å². The van der Waals surface area contributed by atoms with E-state index >= 15 is 0 Å². The molecule has 2 bridgehead atoms. The van der Waals surface area contributed by atoms with Crippen LogP contribution in [0.2, 0.25) is 0 Å². The zero-order chi connectivity index (χ0) is 14.2. The lowest BCUT2D eigenvalue weighted by molar-refractivity contribution is -0.145. The predicted octanol–water partition coefficient (Wildman–Crippen LogP) is 1.42. The summed E-state index contributed by atoms with van der Waals surface area (Å²) in [5.74, 6) is -0.855. The fourth-order valence-corrected chi connectivity index (χ4v) is 3.36. The molecule has 108 valence electrons. The maximum absolute atomic E-state index is 11.9. The van der Waals surface area contributed by atoms with Crippen molar-refractivity contribution in [2.24, 2.45) is 17.8 Å². The van der Waals surface area contributed by atoms with Crippen LogP contribution in [0.3, 0.4) is 0 Å². The monoisotopic (exact) mass is 269 g/mol. The number of carboxylic acid groups (broad SMARTS) is 1. The van der Waals surface area contributed by atoms with E-state index in [2.05, 4.69) is 5.32 Å². The Morgan fingerprint density at radius 2 is 1.89 bits per heavy atom. The molecule has 0 spiro atoms. The molecule has 0 aromatic heterocycles. The molecule has 2 saturated carbocycles. The second-order valence-corrected chi connectivity index (χ2v) is 6.69. The normalized spacial score (nSPS) is 33.4. The average molecular weight is 269 g/mol. The van der Waals surface area contributed by atoms with Gasteiger partial charge in [0, 0.05) is 6.04 Å². The smallest absolute Gasteiger partial charge is 0.308 e. The first kappa shape index (κ1) is 14.3. The highest BCUT2D eigenvalue weighted by molar-refractivity contribution is 5.79. The molecular weight excluding hydrogens is 246 g/mol. The van der Waals surface area contributed by atoms with Gasteiger partial charge in [-0.25, -0.2) is 0 Å². The van der Waals surface area contributed by atoms with Gasteiger partial charge in [0.05, 0.1) is 11.5 Å². The van der Waals surface area contributed by atoms with Crippen LogP contribution in [0.15, 0.2) is 0 Å². The maximum atomic E-state index is 11.9. The molecule has 2 N–H and O–H groups in total. The van der Waals surface area contributed by atoms with Gasteiger partial charge in [0.1, 0.15) is 6.61 Å². The lowest BCUT2D eigenvalue weighted by Crippen LogP contribution is -2.48. The highest BCUT2D eigenvalue weighted by Gasteiger charge is 2.51. The van der Waals surface area contributed by atoms with Crippen molar-refractivity contribution in [1.29, 1.82) is 0 Å². The molecule has 5 heteroatoms. The van der Waals surface area contributed by atoms with Crippen molar-refractivity contribution >= 4 is 11.9 Å². The van der Waals surface area contributed by atoms with Crippen LogP contribution in [0.5, 0.6) is 0 Å². The number of nitrogens with one attached hydrogen (secondary N) is 1. The summed E-state index contributed by atoms with van der Waals surface area (Å²) in [5, 5.41) is 12.2. The van der Waals surface area contributed by atoms with Crippen LogP contribution < -0.4 is 5.32 Å². The number of fused-ring (bicyclic) bond motifs is 2. The molecule has 0 aromatic carbocycles. The molecular formula is C14H23NO4. The number of carbonyl (C=O) groups is 2. The van der Waals surface area contributed by atoms with Crippen LogP contribution in [0.4, 0.5) is 0 Å². The van der Waals surface area contributed by atoms with E-state index in [1.165, 1.54) is 0 Å². The Bertz CT molecular complexity index is 374. The second-order valence-electron chi connectivity index (χ2n) is 6.69. The average Bonchev–Trinajstić information content (AvgIpc) is 2.85. The highest BCUT2D eigenvalue weighted by Crippen LogP contribution is 2.48. The summed E-state index contributed by atoms with van der Waals surface area (Å²) < 4.78 is 5.42. The van der Waals surface area contributed by atoms with Crippen molar-refractivity contribution in [3.05, 3.63) is 0 Å². The third kappa shape index (κ3) is 3.26. The standard InChI is InChI=1S/C14H23NO4/c1-14(2,3)19-7-10(16)15-12-9-5-4-8(6-9)11(12)13(17)18/h8-9,11-12H,4-7H2,1-3H3,(H,15,16)(H,17,18). The summed E-state index contributed by atoms with van der Waals surface area (Å²) in [4.78, 5) is 23.2. The molecule has 2 fully saturated rings. The Morgan fingerprint density at radius 3 is 2.47 bits per heavy atom. The first-order chi connectivity index (χ1) is 8.78. The molecule has 0 radical (unpaired) electrons. The number of aliphatic carboxylic acids is 1. The summed E-state index contributed by atoms with van der Waals surface area (Å²) in [7, 11) is 0. The molecule has 2 aliphatic carbocycles. The van der Waals surface area contributed by atoms with Gasteiger partial charge in [0.25, 0.3) is 0 Å². The van der Waals surface area contributed by atoms with Crippen molar-refractivity contribution in [3.8, 4) is 0 Å². The number of hydrogen-bond acceptors (Lipinski definition) is 3. The molecule has 0 aromatic rings. The molecule has 1 amide bonds. The van der Waals surface area contributed by atoms with Gasteiger partial charge in [0.2, 0.25) is 5.91 Å². The third-order valence-electron chi connectivity index (χ3n) is 4.17. The lowest BCUT2D eigenvalue weighted by atomic mass is 9.84. The molecule has 0 heterocycles. The zero-order valence-corrected chi connectivity index (χ0v) is 11.8. The van der Waals surface area contributed by atoms with E-state index in [4.69, 9.17) is 4.74 Å². The molecule has 4 atom stereocenters. The van der Waals surface area contributed by atoms with Crippen molar-refractivity contribution < 1.29 is 19.4 Å². The van der Waals surface area contributed by atoms with Gasteiger partial charge in [-0.2, -0.15) is 0 Å². The molecule has 0 aliphatic heterocycles. The van der Waals surface area contributed by atoms with E-state index in [1.54, 1.807) is 0 Å². The Balaban J connectivity index is 1.91. The first-order valence-corrected chi connectivity index (χ1v) is 6.94. The molecule has 5 nitrogen and oxygen atoms in total. The van der Waals surface area contributed by atoms with E-state index in [1.807, 2.05) is 20.8 Å². The number of rotatable bonds is 4. The Labute approximate surface area is 113 Å². The predicted molar refractivity (Wildman–Crippen MR) is 69.6 cm³/mol. The van der Waals surface area contributed by atoms with Gasteiger partial charge in [-0.05, 0) is 51.9 Å². The zero-order valence-electron chi connectivity index (χ0n) is 11.8. The van der Waals surface area contributed by atoms with Gasteiger partial charge < -0.3 is 15.2 Å². The van der Waals surface area contributed by atoms with Crippen molar-refractivity contribution in [2.45, 2.75) is 51.7 Å². The third-order valence-corrected chi connectivity index (χ3v) is 4.17. The van der Waals surface area contributed by atoms with E-state index in [-0.39, 0.29) is 30.1 Å². The number of carbonyl (C=O) groups excluding carboxylic acids is 1. The molecule has 2 rings (SSSR count). The van der Waals surface area contributed by atoms with Gasteiger partial charge >= 0.3 is 5.97 Å². The Hall–Kier alpha value is -1.10. The van der Waals surface area contributed by atoms with Gasteiger partial charge in [-0.1, -0.05) is 0 Å². The van der Waals surface area contributed by atoms with E-state index in [0.717, 1.165) is 19.3 Å². The topological polar surface area (TPSA) is 75.6 Å². The molecule has 0 saturated heterocycles. The van der Waals surface area contributed by atoms with Crippen LogP contribution in [0.25, 0.3) is 0 Å². The minimum absolute atomic E-state index is 0.0102. The number of amides is 1. The molecule has 4 unspecified atom stereocenters. The van der Waals surface area contributed by atoms with Crippen molar-refractivity contribution in [1.82, 2.24) is 5.32 Å². The summed E-state index contributed by atoms with van der Waals surface area (Å²) in [6.07, 6.45) is 2.94. The van der Waals surface area contributed by atoms with Crippen LogP contribution in [-0.4, -0.2) is 35.2 Å². The van der Waals surface area contributed by atoms with Crippen molar-refractivity contribution in [2.75, 3.05) is 6.61 Å². The lowest BCUT2D eigenvalue weighted by Gasteiger charge is -2.29. The van der Waals surface area contributed by atoms with Crippen LogP contribution in [0.1, 0.15) is 40.0 Å². The summed E-state index contributed by atoms with van der Waals surface area (Å²) in [6, 6.07) is -0.215. The second kappa shape index (κ2) is 5.12. The summed E-state index contributed by atoms with van der Waals surface area (Å²) in [5.41, 5.74) is -0.363. The fraction of sp³-hybridized carbons (Fsp3) is 0.857. The van der Waals surface area contributed by atoms with Crippen molar-refractivity contribution in [3.63, 3.8) is 0 Å². The number of hydrogen-bond donors (Lipinski definition) is 2.